The molecule has 6 nitrogen and oxygen atoms in total. The SMILES string of the molecule is C[C@@H]1CCc2c(sc3nc([C@@H](C)OC(=O)COc4ccccc4F)[nH]c(=O)c23)C1. The molecule has 0 unspecified atom stereocenters. The summed E-state index contributed by atoms with van der Waals surface area (Å²) in [5.74, 6) is -0.371. The highest BCUT2D eigenvalue weighted by atomic mass is 32.1. The molecule has 0 saturated carbocycles. The summed E-state index contributed by atoms with van der Waals surface area (Å²) in [6.07, 6.45) is 2.15. The molecule has 0 fully saturated rings. The van der Waals surface area contributed by atoms with Gasteiger partial charge in [0.2, 0.25) is 0 Å². The number of carbonyl (C=O) groups is 1. The fraction of sp³-hybridized carbons (Fsp3) is 0.381. The number of thiophene rings is 1. The van der Waals surface area contributed by atoms with Gasteiger partial charge in [0.15, 0.2) is 30.1 Å². The molecule has 0 bridgehead atoms. The molecule has 2 heterocycles. The number of rotatable bonds is 5. The van der Waals surface area contributed by atoms with E-state index in [1.807, 2.05) is 0 Å². The van der Waals surface area contributed by atoms with E-state index in [1.165, 1.54) is 34.4 Å². The number of fused-ring (bicyclic) bond motifs is 3. The van der Waals surface area contributed by atoms with Crippen molar-refractivity contribution in [1.29, 1.82) is 0 Å². The average Bonchev–Trinajstić information content (AvgIpc) is 3.05. The number of nitrogens with zero attached hydrogens (tertiary/aromatic N) is 1. The van der Waals surface area contributed by atoms with Crippen molar-refractivity contribution in [3.05, 3.63) is 56.7 Å². The molecule has 3 aromatic rings. The Balaban J connectivity index is 1.48. The van der Waals surface area contributed by atoms with E-state index >= 15 is 0 Å². The zero-order valence-electron chi connectivity index (χ0n) is 16.2. The predicted molar refractivity (Wildman–Crippen MR) is 108 cm³/mol. The van der Waals surface area contributed by atoms with Crippen LogP contribution in [0.15, 0.2) is 29.1 Å². The van der Waals surface area contributed by atoms with Crippen molar-refractivity contribution >= 4 is 27.5 Å². The van der Waals surface area contributed by atoms with E-state index in [0.29, 0.717) is 16.1 Å². The first kappa shape index (κ1) is 19.6. The summed E-state index contributed by atoms with van der Waals surface area (Å²) in [6, 6.07) is 5.81. The van der Waals surface area contributed by atoms with Gasteiger partial charge in [0.05, 0.1) is 5.39 Å². The number of hydrogen-bond donors (Lipinski definition) is 1. The van der Waals surface area contributed by atoms with Gasteiger partial charge in [0.25, 0.3) is 5.56 Å². The summed E-state index contributed by atoms with van der Waals surface area (Å²) < 4.78 is 24.0. The number of hydrogen-bond acceptors (Lipinski definition) is 6. The molecule has 2 aromatic heterocycles. The molecule has 2 atom stereocenters. The van der Waals surface area contributed by atoms with Crippen molar-refractivity contribution < 1.29 is 18.7 Å². The van der Waals surface area contributed by atoms with Gasteiger partial charge in [0.1, 0.15) is 4.83 Å². The summed E-state index contributed by atoms with van der Waals surface area (Å²) in [4.78, 5) is 33.9. The fourth-order valence-corrected chi connectivity index (χ4v) is 4.93. The third-order valence-corrected chi connectivity index (χ3v) is 6.21. The number of H-pyrrole nitrogens is 1. The molecule has 1 aliphatic rings. The Morgan fingerprint density at radius 2 is 2.21 bits per heavy atom. The number of aromatic amines is 1. The lowest BCUT2D eigenvalue weighted by molar-refractivity contribution is -0.151. The van der Waals surface area contributed by atoms with Crippen LogP contribution in [-0.2, 0) is 22.4 Å². The lowest BCUT2D eigenvalue weighted by Crippen LogP contribution is -2.21. The Kier molecular flexibility index (Phi) is 5.36. The van der Waals surface area contributed by atoms with Crippen molar-refractivity contribution in [3.8, 4) is 5.75 Å². The summed E-state index contributed by atoms with van der Waals surface area (Å²) in [5.41, 5.74) is 0.897. The highest BCUT2D eigenvalue weighted by Crippen LogP contribution is 2.35. The third-order valence-electron chi connectivity index (χ3n) is 5.06. The summed E-state index contributed by atoms with van der Waals surface area (Å²) >= 11 is 1.54. The van der Waals surface area contributed by atoms with Crippen LogP contribution in [0.4, 0.5) is 4.39 Å². The Morgan fingerprint density at radius 1 is 1.41 bits per heavy atom. The second kappa shape index (κ2) is 7.94. The maximum Gasteiger partial charge on any atom is 0.344 e. The highest BCUT2D eigenvalue weighted by molar-refractivity contribution is 7.18. The van der Waals surface area contributed by atoms with Gasteiger partial charge in [0, 0.05) is 4.88 Å². The normalized spacial score (nSPS) is 17.0. The minimum atomic E-state index is -0.762. The van der Waals surface area contributed by atoms with Gasteiger partial charge in [-0.05, 0) is 49.8 Å². The number of halogens is 1. The van der Waals surface area contributed by atoms with Crippen LogP contribution in [0, 0.1) is 11.7 Å². The van der Waals surface area contributed by atoms with Crippen LogP contribution in [0.1, 0.15) is 42.6 Å². The first-order valence-corrected chi connectivity index (χ1v) is 10.3. The molecule has 152 valence electrons. The van der Waals surface area contributed by atoms with Gasteiger partial charge in [-0.2, -0.15) is 0 Å². The standard InChI is InChI=1S/C21H21FN2O4S/c1-11-7-8-13-16(9-11)29-21-18(13)20(26)23-19(24-21)12(2)28-17(25)10-27-15-6-4-3-5-14(15)22/h3-6,11-12H,7-10H2,1-2H3,(H,23,24,26)/t11-,12-/m1/s1. The maximum absolute atomic E-state index is 13.6. The number of esters is 1. The molecule has 29 heavy (non-hydrogen) atoms. The molecule has 8 heteroatoms. The number of aromatic nitrogens is 2. The van der Waals surface area contributed by atoms with Crippen molar-refractivity contribution in [1.82, 2.24) is 9.97 Å². The van der Waals surface area contributed by atoms with Gasteiger partial charge in [-0.25, -0.2) is 14.2 Å². The Morgan fingerprint density at radius 3 is 3.00 bits per heavy atom. The third kappa shape index (κ3) is 4.03. The minimum absolute atomic E-state index is 0.0246. The Labute approximate surface area is 170 Å². The molecule has 1 aliphatic carbocycles. The van der Waals surface area contributed by atoms with Crippen molar-refractivity contribution in [2.75, 3.05) is 6.61 Å². The lowest BCUT2D eigenvalue weighted by atomic mass is 9.89. The summed E-state index contributed by atoms with van der Waals surface area (Å²) in [6.45, 7) is 3.39. The second-order valence-corrected chi connectivity index (χ2v) is 8.42. The number of benzene rings is 1. The number of aryl methyl sites for hydroxylation is 1. The second-order valence-electron chi connectivity index (χ2n) is 7.33. The lowest BCUT2D eigenvalue weighted by Gasteiger charge is -2.17. The maximum atomic E-state index is 13.6. The van der Waals surface area contributed by atoms with E-state index in [0.717, 1.165) is 24.8 Å². The first-order chi connectivity index (χ1) is 13.9. The fourth-order valence-electron chi connectivity index (χ4n) is 3.54. The quantitative estimate of drug-likeness (QED) is 0.638. The number of nitrogens with one attached hydrogen (secondary N) is 1. The zero-order chi connectivity index (χ0) is 20.5. The average molecular weight is 416 g/mol. The summed E-state index contributed by atoms with van der Waals surface area (Å²) in [5, 5.41) is 0.655. The zero-order valence-corrected chi connectivity index (χ0v) is 17.0. The predicted octanol–water partition coefficient (Wildman–Crippen LogP) is 3.93. The molecule has 0 radical (unpaired) electrons. The van der Waals surface area contributed by atoms with E-state index in [-0.39, 0.29) is 17.1 Å². The van der Waals surface area contributed by atoms with Gasteiger partial charge in [-0.15, -0.1) is 11.3 Å². The van der Waals surface area contributed by atoms with E-state index in [4.69, 9.17) is 9.47 Å². The number of carbonyl (C=O) groups excluding carboxylic acids is 1. The Hall–Kier alpha value is -2.74. The topological polar surface area (TPSA) is 81.3 Å². The van der Waals surface area contributed by atoms with Crippen molar-refractivity contribution in [3.63, 3.8) is 0 Å². The van der Waals surface area contributed by atoms with Gasteiger partial charge < -0.3 is 14.5 Å². The number of para-hydroxylation sites is 1. The number of ether oxygens (including phenoxy) is 2. The van der Waals surface area contributed by atoms with Crippen molar-refractivity contribution in [2.24, 2.45) is 5.92 Å². The van der Waals surface area contributed by atoms with E-state index in [2.05, 4.69) is 16.9 Å². The molecule has 4 rings (SSSR count). The van der Waals surface area contributed by atoms with E-state index in [1.54, 1.807) is 13.0 Å². The largest absolute Gasteiger partial charge is 0.479 e. The van der Waals surface area contributed by atoms with Crippen LogP contribution in [0.2, 0.25) is 0 Å². The molecule has 0 saturated heterocycles. The molecule has 1 aromatic carbocycles. The van der Waals surface area contributed by atoms with Crippen LogP contribution >= 0.6 is 11.3 Å². The van der Waals surface area contributed by atoms with Gasteiger partial charge >= 0.3 is 5.97 Å². The molecule has 0 aliphatic heterocycles. The van der Waals surface area contributed by atoms with Crippen LogP contribution in [-0.4, -0.2) is 22.5 Å². The monoisotopic (exact) mass is 416 g/mol. The van der Waals surface area contributed by atoms with Gasteiger partial charge in [-0.1, -0.05) is 19.1 Å². The minimum Gasteiger partial charge on any atom is -0.479 e. The van der Waals surface area contributed by atoms with Crippen LogP contribution < -0.4 is 10.3 Å². The Bertz CT molecular complexity index is 1120. The summed E-state index contributed by atoms with van der Waals surface area (Å²) in [7, 11) is 0. The smallest absolute Gasteiger partial charge is 0.344 e. The van der Waals surface area contributed by atoms with Crippen molar-refractivity contribution in [2.45, 2.75) is 39.2 Å². The molecule has 0 amide bonds. The molecule has 1 N–H and O–H groups in total. The first-order valence-electron chi connectivity index (χ1n) is 9.53. The van der Waals surface area contributed by atoms with E-state index < -0.39 is 24.5 Å². The molecular formula is C21H21FN2O4S. The highest BCUT2D eigenvalue weighted by Gasteiger charge is 2.24. The van der Waals surface area contributed by atoms with Gasteiger partial charge in [-0.3, -0.25) is 4.79 Å². The van der Waals surface area contributed by atoms with E-state index in [9.17, 15) is 14.0 Å². The molecular weight excluding hydrogens is 395 g/mol. The molecule has 0 spiro atoms. The van der Waals surface area contributed by atoms with Crippen LogP contribution in [0.5, 0.6) is 5.75 Å². The van der Waals surface area contributed by atoms with Crippen LogP contribution in [0.3, 0.4) is 0 Å². The van der Waals surface area contributed by atoms with Crippen LogP contribution in [0.25, 0.3) is 10.2 Å².